The third kappa shape index (κ3) is 6.20. The molecule has 6 nitrogen and oxygen atoms in total. The lowest BCUT2D eigenvalue weighted by Gasteiger charge is -2.25. The number of amides is 2. The summed E-state index contributed by atoms with van der Waals surface area (Å²) in [5.74, 6) is -0.479. The molecule has 2 atom stereocenters. The van der Waals surface area contributed by atoms with Crippen LogP contribution in [-0.4, -0.2) is 35.9 Å². The Morgan fingerprint density at radius 2 is 1.67 bits per heavy atom. The van der Waals surface area contributed by atoms with Crippen molar-refractivity contribution < 1.29 is 19.4 Å². The molecule has 0 aliphatic carbocycles. The predicted molar refractivity (Wildman–Crippen MR) is 92.5 cm³/mol. The molecule has 1 aromatic rings. The summed E-state index contributed by atoms with van der Waals surface area (Å²) in [4.78, 5) is 24.3. The van der Waals surface area contributed by atoms with Gasteiger partial charge in [0.25, 0.3) is 0 Å². The van der Waals surface area contributed by atoms with Gasteiger partial charge >= 0.3 is 6.09 Å². The van der Waals surface area contributed by atoms with Gasteiger partial charge in [0, 0.05) is 0 Å². The minimum absolute atomic E-state index is 0.123. The van der Waals surface area contributed by atoms with Gasteiger partial charge in [-0.15, -0.1) is 0 Å². The Balaban J connectivity index is 2.78. The summed E-state index contributed by atoms with van der Waals surface area (Å²) >= 11 is 0. The summed E-state index contributed by atoms with van der Waals surface area (Å²) in [6, 6.07) is 6.30. The van der Waals surface area contributed by atoms with Crippen LogP contribution in [0.3, 0.4) is 0 Å². The molecule has 24 heavy (non-hydrogen) atoms. The van der Waals surface area contributed by atoms with Crippen LogP contribution >= 0.6 is 0 Å². The van der Waals surface area contributed by atoms with Gasteiger partial charge in [0.1, 0.15) is 6.04 Å². The zero-order chi connectivity index (χ0) is 18.3. The zero-order valence-electron chi connectivity index (χ0n) is 15.0. The van der Waals surface area contributed by atoms with Crippen LogP contribution in [0.4, 0.5) is 4.79 Å². The third-order valence-corrected chi connectivity index (χ3v) is 3.54. The van der Waals surface area contributed by atoms with E-state index in [4.69, 9.17) is 4.74 Å². The van der Waals surface area contributed by atoms with Crippen LogP contribution in [-0.2, 0) is 9.53 Å². The molecule has 0 aliphatic rings. The van der Waals surface area contributed by atoms with E-state index in [1.807, 2.05) is 45.0 Å². The maximum Gasteiger partial charge on any atom is 0.408 e. The second-order valence-electron chi connectivity index (χ2n) is 6.47. The number of alkyl carbamates (subject to hydrolysis) is 1. The maximum absolute atomic E-state index is 12.5. The molecule has 1 rings (SSSR count). The van der Waals surface area contributed by atoms with Crippen molar-refractivity contribution in [2.75, 3.05) is 6.61 Å². The number of benzene rings is 1. The van der Waals surface area contributed by atoms with Crippen molar-refractivity contribution in [3.05, 3.63) is 35.4 Å². The van der Waals surface area contributed by atoms with Gasteiger partial charge in [0.2, 0.25) is 5.91 Å². The molecular weight excluding hydrogens is 308 g/mol. The summed E-state index contributed by atoms with van der Waals surface area (Å²) < 4.78 is 5.03. The highest BCUT2D eigenvalue weighted by molar-refractivity contribution is 5.86. The molecule has 3 N–H and O–H groups in total. The molecular formula is C18H28N2O4. The van der Waals surface area contributed by atoms with Crippen molar-refractivity contribution >= 4 is 12.0 Å². The molecule has 0 spiro atoms. The van der Waals surface area contributed by atoms with Crippen LogP contribution in [0.1, 0.15) is 44.9 Å². The van der Waals surface area contributed by atoms with Gasteiger partial charge in [-0.1, -0.05) is 43.7 Å². The van der Waals surface area contributed by atoms with Crippen LogP contribution in [0.25, 0.3) is 0 Å². The number of ether oxygens (including phenoxy) is 1. The van der Waals surface area contributed by atoms with Crippen LogP contribution in [0.5, 0.6) is 0 Å². The summed E-state index contributed by atoms with van der Waals surface area (Å²) in [5, 5.41) is 15.0. The summed E-state index contributed by atoms with van der Waals surface area (Å²) in [6.45, 7) is 8.89. The smallest absolute Gasteiger partial charge is 0.408 e. The second kappa shape index (κ2) is 9.27. The number of rotatable bonds is 7. The first-order chi connectivity index (χ1) is 11.2. The van der Waals surface area contributed by atoms with E-state index in [2.05, 4.69) is 10.6 Å². The molecule has 0 aliphatic heterocycles. The molecule has 2 unspecified atom stereocenters. The van der Waals surface area contributed by atoms with Gasteiger partial charge in [0.15, 0.2) is 0 Å². The number of hydrogen-bond donors (Lipinski definition) is 3. The number of carbonyl (C=O) groups is 2. The van der Waals surface area contributed by atoms with E-state index in [-0.39, 0.29) is 24.5 Å². The Hall–Kier alpha value is -2.08. The minimum atomic E-state index is -0.740. The van der Waals surface area contributed by atoms with Gasteiger partial charge in [-0.3, -0.25) is 4.79 Å². The molecule has 0 aromatic heterocycles. The highest BCUT2D eigenvalue weighted by Crippen LogP contribution is 2.14. The van der Waals surface area contributed by atoms with Gasteiger partial charge in [-0.25, -0.2) is 4.79 Å². The van der Waals surface area contributed by atoms with Crippen molar-refractivity contribution in [3.63, 3.8) is 0 Å². The molecule has 2 amide bonds. The standard InChI is InChI=1S/C18H28N2O4/c1-11(2)16(20-18(23)24-12(3)4)17(22)19-15(10-21)14-8-6-13(5)7-9-14/h6-9,11-12,15-16,21H,10H2,1-5H3,(H,19,22)(H,20,23). The van der Waals surface area contributed by atoms with Crippen LogP contribution in [0.2, 0.25) is 0 Å². The van der Waals surface area contributed by atoms with Crippen LogP contribution < -0.4 is 10.6 Å². The molecule has 0 heterocycles. The molecule has 0 saturated heterocycles. The zero-order valence-corrected chi connectivity index (χ0v) is 15.0. The molecule has 0 saturated carbocycles. The summed E-state index contributed by atoms with van der Waals surface area (Å²) in [5.41, 5.74) is 1.91. The van der Waals surface area contributed by atoms with E-state index in [1.54, 1.807) is 13.8 Å². The quantitative estimate of drug-likeness (QED) is 0.713. The van der Waals surface area contributed by atoms with E-state index < -0.39 is 18.2 Å². The molecule has 0 radical (unpaired) electrons. The van der Waals surface area contributed by atoms with Crippen molar-refractivity contribution in [3.8, 4) is 0 Å². The first-order valence-corrected chi connectivity index (χ1v) is 8.19. The van der Waals surface area contributed by atoms with Gasteiger partial charge in [0.05, 0.1) is 18.8 Å². The lowest BCUT2D eigenvalue weighted by molar-refractivity contribution is -0.125. The lowest BCUT2D eigenvalue weighted by Crippen LogP contribution is -2.51. The first kappa shape index (κ1) is 20.0. The normalized spacial score (nSPS) is 13.5. The van der Waals surface area contributed by atoms with Crippen molar-refractivity contribution in [1.82, 2.24) is 10.6 Å². The van der Waals surface area contributed by atoms with Crippen molar-refractivity contribution in [2.45, 2.75) is 52.8 Å². The second-order valence-corrected chi connectivity index (χ2v) is 6.47. The van der Waals surface area contributed by atoms with E-state index in [9.17, 15) is 14.7 Å². The highest BCUT2D eigenvalue weighted by atomic mass is 16.6. The van der Waals surface area contributed by atoms with Crippen LogP contribution in [0, 0.1) is 12.8 Å². The predicted octanol–water partition coefficient (Wildman–Crippen LogP) is 2.30. The number of carbonyl (C=O) groups excluding carboxylic acids is 2. The highest BCUT2D eigenvalue weighted by Gasteiger charge is 2.27. The average molecular weight is 336 g/mol. The van der Waals surface area contributed by atoms with Gasteiger partial charge in [-0.05, 0) is 32.3 Å². The Bertz CT molecular complexity index is 540. The number of aryl methyl sites for hydroxylation is 1. The summed E-state index contributed by atoms with van der Waals surface area (Å²) in [7, 11) is 0. The summed E-state index contributed by atoms with van der Waals surface area (Å²) in [6.07, 6.45) is -0.895. The van der Waals surface area contributed by atoms with Gasteiger partial charge in [-0.2, -0.15) is 0 Å². The van der Waals surface area contributed by atoms with Crippen molar-refractivity contribution in [2.24, 2.45) is 5.92 Å². The fourth-order valence-corrected chi connectivity index (χ4v) is 2.20. The SMILES string of the molecule is Cc1ccc(C(CO)NC(=O)C(NC(=O)OC(C)C)C(C)C)cc1. The number of nitrogens with one attached hydrogen (secondary N) is 2. The van der Waals surface area contributed by atoms with E-state index in [0.29, 0.717) is 0 Å². The molecule has 134 valence electrons. The monoisotopic (exact) mass is 336 g/mol. The Morgan fingerprint density at radius 3 is 2.12 bits per heavy atom. The molecule has 0 bridgehead atoms. The molecule has 6 heteroatoms. The minimum Gasteiger partial charge on any atom is -0.447 e. The van der Waals surface area contributed by atoms with E-state index in [0.717, 1.165) is 11.1 Å². The molecule has 1 aromatic carbocycles. The number of hydrogen-bond acceptors (Lipinski definition) is 4. The number of aliphatic hydroxyl groups is 1. The average Bonchev–Trinajstić information content (AvgIpc) is 2.50. The van der Waals surface area contributed by atoms with Gasteiger partial charge < -0.3 is 20.5 Å². The third-order valence-electron chi connectivity index (χ3n) is 3.54. The lowest BCUT2D eigenvalue weighted by atomic mass is 10.0. The largest absolute Gasteiger partial charge is 0.447 e. The Morgan fingerprint density at radius 1 is 1.08 bits per heavy atom. The molecule has 0 fully saturated rings. The fraction of sp³-hybridized carbons (Fsp3) is 0.556. The first-order valence-electron chi connectivity index (χ1n) is 8.19. The van der Waals surface area contributed by atoms with E-state index in [1.165, 1.54) is 0 Å². The maximum atomic E-state index is 12.5. The van der Waals surface area contributed by atoms with Crippen LogP contribution in [0.15, 0.2) is 24.3 Å². The fourth-order valence-electron chi connectivity index (χ4n) is 2.20. The number of aliphatic hydroxyl groups excluding tert-OH is 1. The Labute approximate surface area is 143 Å². The van der Waals surface area contributed by atoms with E-state index >= 15 is 0 Å². The Kier molecular flexibility index (Phi) is 7.71. The topological polar surface area (TPSA) is 87.7 Å². The van der Waals surface area contributed by atoms with Crippen molar-refractivity contribution in [1.29, 1.82) is 0 Å².